The number of rotatable bonds is 6. The van der Waals surface area contributed by atoms with Gasteiger partial charge in [0.1, 0.15) is 5.82 Å². The lowest BCUT2D eigenvalue weighted by atomic mass is 10.1. The summed E-state index contributed by atoms with van der Waals surface area (Å²) in [6.07, 6.45) is 3.28. The van der Waals surface area contributed by atoms with Gasteiger partial charge in [0.05, 0.1) is 5.75 Å². The molecule has 0 radical (unpaired) electrons. The molecule has 1 amide bonds. The predicted octanol–water partition coefficient (Wildman–Crippen LogP) is 1.65. The third-order valence-electron chi connectivity index (χ3n) is 3.67. The van der Waals surface area contributed by atoms with E-state index >= 15 is 0 Å². The molecule has 0 aliphatic carbocycles. The lowest BCUT2D eigenvalue weighted by molar-refractivity contribution is -0.131. The molecule has 1 heterocycles. The number of nitrogens with zero attached hydrogens (tertiary/aromatic N) is 1. The molecule has 122 valence electrons. The molecular formula is C15H21FN2O3S. The van der Waals surface area contributed by atoms with E-state index in [1.807, 2.05) is 0 Å². The Bertz CT molecular complexity index is 613. The molecule has 0 unspecified atom stereocenters. The second kappa shape index (κ2) is 7.69. The molecule has 1 saturated heterocycles. The molecule has 1 fully saturated rings. The Morgan fingerprint density at radius 1 is 1.18 bits per heavy atom. The molecule has 2 rings (SSSR count). The number of hydrogen-bond donors (Lipinski definition) is 1. The third kappa shape index (κ3) is 5.06. The standard InChI is InChI=1S/C15H21FN2O3S/c16-14-7-3-2-6-13(14)12-22(20,21)17-9-8-15(19)18-10-4-1-5-11-18/h2-3,6-7,17H,1,4-5,8-12H2. The van der Waals surface area contributed by atoms with Crippen LogP contribution in [-0.4, -0.2) is 38.9 Å². The van der Waals surface area contributed by atoms with Crippen LogP contribution in [0.3, 0.4) is 0 Å². The zero-order chi connectivity index (χ0) is 16.0. The van der Waals surface area contributed by atoms with Gasteiger partial charge in [-0.1, -0.05) is 18.2 Å². The number of piperidine rings is 1. The summed E-state index contributed by atoms with van der Waals surface area (Å²) < 4.78 is 39.6. The van der Waals surface area contributed by atoms with Crippen LogP contribution in [0.15, 0.2) is 24.3 Å². The maximum atomic E-state index is 13.5. The molecule has 0 aromatic heterocycles. The number of carbonyl (C=O) groups is 1. The molecule has 0 atom stereocenters. The van der Waals surface area contributed by atoms with E-state index in [1.165, 1.54) is 18.2 Å². The molecule has 5 nitrogen and oxygen atoms in total. The first-order chi connectivity index (χ1) is 10.5. The average Bonchev–Trinajstić information content (AvgIpc) is 2.50. The van der Waals surface area contributed by atoms with Crippen molar-refractivity contribution in [2.75, 3.05) is 19.6 Å². The van der Waals surface area contributed by atoms with Crippen molar-refractivity contribution in [1.29, 1.82) is 0 Å². The van der Waals surface area contributed by atoms with E-state index < -0.39 is 21.6 Å². The van der Waals surface area contributed by atoms with Crippen molar-refractivity contribution >= 4 is 15.9 Å². The van der Waals surface area contributed by atoms with Gasteiger partial charge in [0, 0.05) is 31.6 Å². The summed E-state index contributed by atoms with van der Waals surface area (Å²) in [5, 5.41) is 0. The van der Waals surface area contributed by atoms with Crippen molar-refractivity contribution in [1.82, 2.24) is 9.62 Å². The molecule has 1 aliphatic rings. The SMILES string of the molecule is O=C(CCNS(=O)(=O)Cc1ccccc1F)N1CCCCC1. The van der Waals surface area contributed by atoms with Crippen LogP contribution in [0.2, 0.25) is 0 Å². The molecule has 1 N–H and O–H groups in total. The fourth-order valence-corrected chi connectivity index (χ4v) is 3.64. The molecule has 0 spiro atoms. The highest BCUT2D eigenvalue weighted by atomic mass is 32.2. The van der Waals surface area contributed by atoms with Crippen molar-refractivity contribution in [3.8, 4) is 0 Å². The Hall–Kier alpha value is -1.47. The molecule has 22 heavy (non-hydrogen) atoms. The van der Waals surface area contributed by atoms with Gasteiger partial charge in [0.25, 0.3) is 0 Å². The van der Waals surface area contributed by atoms with Gasteiger partial charge >= 0.3 is 0 Å². The van der Waals surface area contributed by atoms with Crippen molar-refractivity contribution < 1.29 is 17.6 Å². The van der Waals surface area contributed by atoms with Crippen molar-refractivity contribution in [3.05, 3.63) is 35.6 Å². The molecule has 1 aromatic carbocycles. The highest BCUT2D eigenvalue weighted by Gasteiger charge is 2.18. The molecule has 0 bridgehead atoms. The Balaban J connectivity index is 1.80. The van der Waals surface area contributed by atoms with E-state index in [9.17, 15) is 17.6 Å². The summed E-state index contributed by atoms with van der Waals surface area (Å²) in [6.45, 7) is 1.55. The quantitative estimate of drug-likeness (QED) is 0.863. The fourth-order valence-electron chi connectivity index (χ4n) is 2.49. The zero-order valence-corrected chi connectivity index (χ0v) is 13.2. The highest BCUT2D eigenvalue weighted by Crippen LogP contribution is 2.11. The van der Waals surface area contributed by atoms with Gasteiger partial charge in [-0.05, 0) is 25.3 Å². The van der Waals surface area contributed by atoms with Crippen LogP contribution >= 0.6 is 0 Å². The van der Waals surface area contributed by atoms with Gasteiger partial charge in [0.15, 0.2) is 0 Å². The summed E-state index contributed by atoms with van der Waals surface area (Å²) in [5.41, 5.74) is 0.123. The van der Waals surface area contributed by atoms with Gasteiger partial charge in [-0.25, -0.2) is 17.5 Å². The van der Waals surface area contributed by atoms with Gasteiger partial charge in [-0.15, -0.1) is 0 Å². The molecule has 1 aliphatic heterocycles. The van der Waals surface area contributed by atoms with Crippen LogP contribution < -0.4 is 4.72 Å². The number of amides is 1. The van der Waals surface area contributed by atoms with Gasteiger partial charge in [-0.3, -0.25) is 4.79 Å². The van der Waals surface area contributed by atoms with E-state index in [0.29, 0.717) is 0 Å². The van der Waals surface area contributed by atoms with Gasteiger partial charge in [-0.2, -0.15) is 0 Å². The number of halogens is 1. The van der Waals surface area contributed by atoms with E-state index in [2.05, 4.69) is 4.72 Å². The topological polar surface area (TPSA) is 66.5 Å². The maximum Gasteiger partial charge on any atom is 0.223 e. The van der Waals surface area contributed by atoms with Gasteiger partial charge in [0.2, 0.25) is 15.9 Å². The summed E-state index contributed by atoms with van der Waals surface area (Å²) in [6, 6.07) is 5.77. The highest BCUT2D eigenvalue weighted by molar-refractivity contribution is 7.88. The lowest BCUT2D eigenvalue weighted by Crippen LogP contribution is -2.38. The first-order valence-corrected chi connectivity index (χ1v) is 9.12. The summed E-state index contributed by atoms with van der Waals surface area (Å²) in [4.78, 5) is 13.7. The number of carbonyl (C=O) groups excluding carboxylic acids is 1. The van der Waals surface area contributed by atoms with E-state index in [4.69, 9.17) is 0 Å². The summed E-state index contributed by atoms with van der Waals surface area (Å²) in [5.74, 6) is -0.997. The number of likely N-dealkylation sites (tertiary alicyclic amines) is 1. The maximum absolute atomic E-state index is 13.5. The van der Waals surface area contributed by atoms with Crippen molar-refractivity contribution in [3.63, 3.8) is 0 Å². The number of benzene rings is 1. The summed E-state index contributed by atoms with van der Waals surface area (Å²) in [7, 11) is -3.64. The van der Waals surface area contributed by atoms with Crippen molar-refractivity contribution in [2.45, 2.75) is 31.4 Å². The zero-order valence-electron chi connectivity index (χ0n) is 12.4. The first-order valence-electron chi connectivity index (χ1n) is 7.46. The molecule has 0 saturated carbocycles. The third-order valence-corrected chi connectivity index (χ3v) is 5.01. The van der Waals surface area contributed by atoms with E-state index in [-0.39, 0.29) is 24.4 Å². The Kier molecular flexibility index (Phi) is 5.90. The van der Waals surface area contributed by atoms with Crippen LogP contribution in [-0.2, 0) is 20.6 Å². The number of hydrogen-bond acceptors (Lipinski definition) is 3. The Morgan fingerprint density at radius 2 is 1.86 bits per heavy atom. The van der Waals surface area contributed by atoms with Crippen LogP contribution in [0.1, 0.15) is 31.2 Å². The van der Waals surface area contributed by atoms with Crippen LogP contribution in [0, 0.1) is 5.82 Å². The van der Waals surface area contributed by atoms with E-state index in [1.54, 1.807) is 11.0 Å². The van der Waals surface area contributed by atoms with Crippen LogP contribution in [0.4, 0.5) is 4.39 Å². The Labute approximate surface area is 130 Å². The first kappa shape index (κ1) is 16.9. The van der Waals surface area contributed by atoms with Crippen LogP contribution in [0.25, 0.3) is 0 Å². The minimum Gasteiger partial charge on any atom is -0.343 e. The minimum absolute atomic E-state index is 0.0340. The second-order valence-electron chi connectivity index (χ2n) is 5.44. The predicted molar refractivity (Wildman–Crippen MR) is 82.1 cm³/mol. The monoisotopic (exact) mass is 328 g/mol. The van der Waals surface area contributed by atoms with Gasteiger partial charge < -0.3 is 4.90 Å². The minimum atomic E-state index is -3.64. The second-order valence-corrected chi connectivity index (χ2v) is 7.24. The van der Waals surface area contributed by atoms with E-state index in [0.717, 1.165) is 32.4 Å². The van der Waals surface area contributed by atoms with Crippen LogP contribution in [0.5, 0.6) is 0 Å². The number of sulfonamides is 1. The largest absolute Gasteiger partial charge is 0.343 e. The molecule has 1 aromatic rings. The fraction of sp³-hybridized carbons (Fsp3) is 0.533. The average molecular weight is 328 g/mol. The smallest absolute Gasteiger partial charge is 0.223 e. The molecular weight excluding hydrogens is 307 g/mol. The molecule has 7 heteroatoms. The van der Waals surface area contributed by atoms with Crippen molar-refractivity contribution in [2.24, 2.45) is 0 Å². The number of nitrogens with one attached hydrogen (secondary N) is 1. The lowest BCUT2D eigenvalue weighted by Gasteiger charge is -2.26. The summed E-state index contributed by atoms with van der Waals surface area (Å²) >= 11 is 0. The normalized spacial score (nSPS) is 15.8. The Morgan fingerprint density at radius 3 is 2.55 bits per heavy atom.